The summed E-state index contributed by atoms with van der Waals surface area (Å²) < 4.78 is 144. The highest BCUT2D eigenvalue weighted by Gasteiger charge is 2.85. The Morgan fingerprint density at radius 2 is 1.26 bits per heavy atom. The Morgan fingerprint density at radius 1 is 0.870 bits per heavy atom. The van der Waals surface area contributed by atoms with Gasteiger partial charge in [0, 0.05) is 14.2 Å². The first-order chi connectivity index (χ1) is 9.99. The van der Waals surface area contributed by atoms with Gasteiger partial charge in [0.15, 0.2) is 6.29 Å². The van der Waals surface area contributed by atoms with Gasteiger partial charge in [-0.1, -0.05) is 0 Å². The van der Waals surface area contributed by atoms with Gasteiger partial charge in [-0.15, -0.1) is 0 Å². The summed E-state index contributed by atoms with van der Waals surface area (Å²) in [6.45, 7) is -1.25. The van der Waals surface area contributed by atoms with E-state index in [0.717, 1.165) is 18.9 Å². The highest BCUT2D eigenvalue weighted by atomic mass is 32.2. The summed E-state index contributed by atoms with van der Waals surface area (Å²) in [5, 5.41) is -6.79. The first kappa shape index (κ1) is 22.2. The smallest absolute Gasteiger partial charge is 0.355 e. The van der Waals surface area contributed by atoms with Crippen LogP contribution >= 0.6 is 0 Å². The van der Waals surface area contributed by atoms with E-state index in [2.05, 4.69) is 9.47 Å². The molecule has 0 rings (SSSR count). The molecule has 0 bridgehead atoms. The Morgan fingerprint density at radius 3 is 1.57 bits per heavy atom. The Balaban J connectivity index is 5.68. The van der Waals surface area contributed by atoms with Crippen molar-refractivity contribution in [1.29, 1.82) is 0 Å². The van der Waals surface area contributed by atoms with Crippen LogP contribution in [0.4, 0.5) is 39.5 Å². The molecular weight excluding hydrogens is 377 g/mol. The average molecular weight is 387 g/mol. The van der Waals surface area contributed by atoms with E-state index in [-0.39, 0.29) is 0 Å². The van der Waals surface area contributed by atoms with Crippen molar-refractivity contribution in [3.05, 3.63) is 0 Å². The maximum atomic E-state index is 13.2. The van der Waals surface area contributed by atoms with Gasteiger partial charge in [-0.25, -0.2) is 13.1 Å². The Labute approximate surface area is 123 Å². The average Bonchev–Trinajstić information content (AvgIpc) is 2.37. The molecule has 0 saturated carbocycles. The molecule has 140 valence electrons. The number of alkyl halides is 9. The van der Waals surface area contributed by atoms with Crippen LogP contribution in [0, 0.1) is 0 Å². The van der Waals surface area contributed by atoms with Crippen molar-refractivity contribution in [2.24, 2.45) is 0 Å². The molecule has 0 aromatic heterocycles. The predicted molar refractivity (Wildman–Crippen MR) is 55.6 cm³/mol. The van der Waals surface area contributed by atoms with Gasteiger partial charge in [0.05, 0.1) is 6.54 Å². The topological polar surface area (TPSA) is 64.6 Å². The number of methoxy groups -OCH3 is 2. The zero-order valence-electron chi connectivity index (χ0n) is 11.2. The zero-order valence-corrected chi connectivity index (χ0v) is 12.0. The minimum atomic E-state index is -7.31. The fourth-order valence-electron chi connectivity index (χ4n) is 1.06. The van der Waals surface area contributed by atoms with E-state index in [0.29, 0.717) is 0 Å². The second-order valence-electron chi connectivity index (χ2n) is 3.92. The van der Waals surface area contributed by atoms with Crippen molar-refractivity contribution in [1.82, 2.24) is 4.72 Å². The second kappa shape index (κ2) is 6.60. The number of ether oxygens (including phenoxy) is 2. The van der Waals surface area contributed by atoms with Crippen LogP contribution in [0.25, 0.3) is 0 Å². The van der Waals surface area contributed by atoms with Crippen LogP contribution in [-0.4, -0.2) is 58.7 Å². The predicted octanol–water partition coefficient (Wildman–Crippen LogP) is 1.95. The van der Waals surface area contributed by atoms with Crippen LogP contribution in [0.5, 0.6) is 0 Å². The number of sulfonamides is 1. The van der Waals surface area contributed by atoms with Gasteiger partial charge in [0.25, 0.3) is 10.0 Å². The van der Waals surface area contributed by atoms with Crippen LogP contribution in [0.1, 0.15) is 0 Å². The highest BCUT2D eigenvalue weighted by Crippen LogP contribution is 2.54. The largest absolute Gasteiger partial charge is 0.460 e. The second-order valence-corrected chi connectivity index (χ2v) is 5.72. The molecule has 0 aliphatic rings. The van der Waals surface area contributed by atoms with Gasteiger partial charge in [-0.3, -0.25) is 0 Å². The van der Waals surface area contributed by atoms with Crippen molar-refractivity contribution in [3.8, 4) is 0 Å². The number of halogens is 9. The molecule has 0 aliphatic carbocycles. The van der Waals surface area contributed by atoms with E-state index < -0.39 is 46.1 Å². The minimum Gasteiger partial charge on any atom is -0.355 e. The van der Waals surface area contributed by atoms with E-state index >= 15 is 0 Å². The number of nitrogens with one attached hydrogen (secondary N) is 1. The normalized spacial score (nSPS) is 15.3. The number of hydrogen-bond acceptors (Lipinski definition) is 4. The van der Waals surface area contributed by atoms with E-state index in [1.54, 1.807) is 0 Å². The molecule has 0 spiro atoms. The fraction of sp³-hybridized carbons (Fsp3) is 1.00. The van der Waals surface area contributed by atoms with Crippen LogP contribution in [-0.2, 0) is 19.5 Å². The number of hydrogen-bond donors (Lipinski definition) is 1. The molecule has 0 unspecified atom stereocenters. The molecular formula is C8H10F9NO4S. The van der Waals surface area contributed by atoms with Crippen LogP contribution in [0.15, 0.2) is 0 Å². The maximum Gasteiger partial charge on any atom is 0.460 e. The maximum absolute atomic E-state index is 13.2. The quantitative estimate of drug-likeness (QED) is 0.511. The molecule has 1 N–H and O–H groups in total. The van der Waals surface area contributed by atoms with E-state index in [4.69, 9.17) is 0 Å². The summed E-state index contributed by atoms with van der Waals surface area (Å²) in [6.07, 6.45) is -8.70. The zero-order chi connectivity index (χ0) is 18.9. The molecule has 15 heteroatoms. The third kappa shape index (κ3) is 3.83. The summed E-state index contributed by atoms with van der Waals surface area (Å²) in [4.78, 5) is 0. The van der Waals surface area contributed by atoms with Crippen molar-refractivity contribution in [2.45, 2.75) is 29.6 Å². The molecule has 0 amide bonds. The van der Waals surface area contributed by atoms with Crippen LogP contribution < -0.4 is 4.72 Å². The van der Waals surface area contributed by atoms with Crippen LogP contribution in [0.2, 0.25) is 0 Å². The summed E-state index contributed by atoms with van der Waals surface area (Å²) in [5.41, 5.74) is 0. The lowest BCUT2D eigenvalue weighted by Crippen LogP contribution is -2.65. The summed E-state index contributed by atoms with van der Waals surface area (Å²) >= 11 is 0. The summed E-state index contributed by atoms with van der Waals surface area (Å²) in [7, 11) is -4.89. The monoisotopic (exact) mass is 387 g/mol. The fourth-order valence-corrected chi connectivity index (χ4v) is 2.06. The Bertz CT molecular complexity index is 500. The van der Waals surface area contributed by atoms with Crippen molar-refractivity contribution in [3.63, 3.8) is 0 Å². The summed E-state index contributed by atoms with van der Waals surface area (Å²) in [5.74, 6) is -14.6. The van der Waals surface area contributed by atoms with Gasteiger partial charge in [-0.05, 0) is 0 Å². The van der Waals surface area contributed by atoms with Crippen LogP contribution in [0.3, 0.4) is 0 Å². The van der Waals surface area contributed by atoms with Crippen molar-refractivity contribution >= 4 is 10.0 Å². The van der Waals surface area contributed by atoms with Crippen molar-refractivity contribution in [2.75, 3.05) is 20.8 Å². The Hall–Kier alpha value is -0.800. The SMILES string of the molecule is COC(CNS(=O)(=O)C(F)(F)C(F)(F)C(F)(F)C(F)(F)F)OC. The van der Waals surface area contributed by atoms with E-state index in [9.17, 15) is 47.9 Å². The van der Waals surface area contributed by atoms with E-state index in [1.165, 1.54) is 0 Å². The molecule has 0 aromatic rings. The van der Waals surface area contributed by atoms with Crippen molar-refractivity contribution < 1.29 is 57.4 Å². The molecule has 0 heterocycles. The molecule has 0 aromatic carbocycles. The molecule has 5 nitrogen and oxygen atoms in total. The van der Waals surface area contributed by atoms with Gasteiger partial charge in [0.2, 0.25) is 0 Å². The third-order valence-corrected chi connectivity index (χ3v) is 3.90. The molecule has 0 aliphatic heterocycles. The first-order valence-electron chi connectivity index (χ1n) is 5.24. The highest BCUT2D eigenvalue weighted by molar-refractivity contribution is 7.90. The molecule has 0 radical (unpaired) electrons. The lowest BCUT2D eigenvalue weighted by Gasteiger charge is -2.33. The lowest BCUT2D eigenvalue weighted by atomic mass is 10.1. The minimum absolute atomic E-state index is 0.722. The van der Waals surface area contributed by atoms with Gasteiger partial charge >= 0.3 is 23.3 Å². The first-order valence-corrected chi connectivity index (χ1v) is 6.73. The molecule has 23 heavy (non-hydrogen) atoms. The Kier molecular flexibility index (Phi) is 6.37. The molecule has 0 fully saturated rings. The molecule has 0 atom stereocenters. The number of rotatable bonds is 8. The summed E-state index contributed by atoms with van der Waals surface area (Å²) in [6, 6.07) is 0. The van der Waals surface area contributed by atoms with Gasteiger partial charge in [-0.2, -0.15) is 39.5 Å². The van der Waals surface area contributed by atoms with Gasteiger partial charge in [0.1, 0.15) is 0 Å². The lowest BCUT2D eigenvalue weighted by molar-refractivity contribution is -0.382. The standard InChI is InChI=1S/C8H10F9NO4S/c1-21-4(22-2)3-18-23(19,20)8(16,17)6(11,12)5(9,10)7(13,14)15/h4,18H,3H2,1-2H3. The molecule has 0 saturated heterocycles. The third-order valence-electron chi connectivity index (χ3n) is 2.42. The van der Waals surface area contributed by atoms with Gasteiger partial charge < -0.3 is 9.47 Å². The van der Waals surface area contributed by atoms with E-state index in [1.807, 2.05) is 0 Å².